The largest absolute Gasteiger partial charge is 0.497 e. The van der Waals surface area contributed by atoms with E-state index in [1.54, 1.807) is 37.4 Å². The van der Waals surface area contributed by atoms with Crippen LogP contribution in [0, 0.1) is 13.8 Å². The third-order valence-electron chi connectivity index (χ3n) is 5.58. The van der Waals surface area contributed by atoms with E-state index in [0.717, 1.165) is 52.1 Å². The van der Waals surface area contributed by atoms with E-state index in [-0.39, 0.29) is 11.8 Å². The Morgan fingerprint density at radius 2 is 1.94 bits per heavy atom. The van der Waals surface area contributed by atoms with E-state index in [9.17, 15) is 4.79 Å². The maximum atomic E-state index is 12.3. The summed E-state index contributed by atoms with van der Waals surface area (Å²) in [6.45, 7) is 8.12. The molecule has 0 radical (unpaired) electrons. The number of carbonyl (C=O) groups excluding carboxylic acids is 1. The standard InChI is InChI=1S/C15H22N6O2S.C9H12OS/c1-16-7-12-18-19-14(23-12)15(22)20(2)9-13-17-11(10-24-13)8-21-5-3-4-6-21;1-6-4-8(10-3)5-7(2)9(6)11/h10,16H,3-9H2,1-2H3;4-5,11H,1-3H3. The molecule has 3 aromatic rings. The molecule has 0 atom stereocenters. The fraction of sp³-hybridized carbons (Fsp3) is 0.500. The fourth-order valence-corrected chi connectivity index (χ4v) is 4.67. The van der Waals surface area contributed by atoms with E-state index in [2.05, 4.69) is 43.4 Å². The van der Waals surface area contributed by atoms with Gasteiger partial charge in [-0.2, -0.15) is 0 Å². The van der Waals surface area contributed by atoms with Gasteiger partial charge in [0.25, 0.3) is 0 Å². The molecule has 2 aromatic heterocycles. The summed E-state index contributed by atoms with van der Waals surface area (Å²) in [5.74, 6) is 1.02. The maximum Gasteiger partial charge on any atom is 0.311 e. The topological polar surface area (TPSA) is 96.6 Å². The first-order valence-electron chi connectivity index (χ1n) is 11.5. The molecule has 3 heterocycles. The minimum atomic E-state index is -0.291. The highest BCUT2D eigenvalue weighted by Crippen LogP contribution is 2.24. The predicted octanol–water partition coefficient (Wildman–Crippen LogP) is 3.71. The zero-order chi connectivity index (χ0) is 25.4. The molecule has 190 valence electrons. The minimum absolute atomic E-state index is 0.0107. The Kier molecular flexibility index (Phi) is 10.1. The van der Waals surface area contributed by atoms with E-state index in [1.807, 2.05) is 26.0 Å². The number of hydrogen-bond acceptors (Lipinski definition) is 10. The average molecular weight is 519 g/mol. The van der Waals surface area contributed by atoms with Gasteiger partial charge in [0.05, 0.1) is 25.9 Å². The number of hydrogen-bond donors (Lipinski definition) is 2. The first-order valence-corrected chi connectivity index (χ1v) is 12.9. The number of methoxy groups -OCH3 is 1. The molecule has 1 aliphatic heterocycles. The Labute approximate surface area is 216 Å². The molecule has 1 amide bonds. The highest BCUT2D eigenvalue weighted by atomic mass is 32.1. The van der Waals surface area contributed by atoms with Crippen molar-refractivity contribution in [2.24, 2.45) is 0 Å². The van der Waals surface area contributed by atoms with Crippen LogP contribution < -0.4 is 10.1 Å². The van der Waals surface area contributed by atoms with E-state index in [1.165, 1.54) is 12.8 Å². The van der Waals surface area contributed by atoms with Gasteiger partial charge in [0.15, 0.2) is 0 Å². The van der Waals surface area contributed by atoms with Gasteiger partial charge in [0.2, 0.25) is 5.89 Å². The molecule has 9 nitrogen and oxygen atoms in total. The van der Waals surface area contributed by atoms with Crippen molar-refractivity contribution in [3.8, 4) is 5.75 Å². The second-order valence-corrected chi connectivity index (χ2v) is 9.91. The van der Waals surface area contributed by atoms with Gasteiger partial charge < -0.3 is 19.4 Å². The molecule has 4 rings (SSSR count). The van der Waals surface area contributed by atoms with E-state index in [0.29, 0.717) is 19.0 Å². The smallest absolute Gasteiger partial charge is 0.311 e. The van der Waals surface area contributed by atoms with E-state index < -0.39 is 0 Å². The number of thiazole rings is 1. The van der Waals surface area contributed by atoms with Crippen molar-refractivity contribution in [2.75, 3.05) is 34.3 Å². The maximum absolute atomic E-state index is 12.3. The summed E-state index contributed by atoms with van der Waals surface area (Å²) in [5.41, 5.74) is 3.39. The van der Waals surface area contributed by atoms with Gasteiger partial charge in [-0.25, -0.2) is 4.98 Å². The van der Waals surface area contributed by atoms with E-state index >= 15 is 0 Å². The first kappa shape index (κ1) is 27.1. The second kappa shape index (κ2) is 13.0. The highest BCUT2D eigenvalue weighted by molar-refractivity contribution is 7.80. The van der Waals surface area contributed by atoms with Crippen LogP contribution in [-0.4, -0.2) is 65.2 Å². The van der Waals surface area contributed by atoms with Crippen LogP contribution in [0.25, 0.3) is 0 Å². The van der Waals surface area contributed by atoms with Gasteiger partial charge in [-0.1, -0.05) is 0 Å². The van der Waals surface area contributed by atoms with Gasteiger partial charge in [-0.15, -0.1) is 34.2 Å². The zero-order valence-electron chi connectivity index (χ0n) is 21.0. The quantitative estimate of drug-likeness (QED) is 0.436. The number of amides is 1. The lowest BCUT2D eigenvalue weighted by Gasteiger charge is -2.13. The van der Waals surface area contributed by atoms with Crippen LogP contribution in [0.5, 0.6) is 5.75 Å². The molecule has 1 saturated heterocycles. The van der Waals surface area contributed by atoms with Crippen LogP contribution in [0.15, 0.2) is 26.8 Å². The number of aryl methyl sites for hydroxylation is 2. The Hall–Kier alpha value is -2.47. The highest BCUT2D eigenvalue weighted by Gasteiger charge is 2.20. The Balaban J connectivity index is 0.000000261. The monoisotopic (exact) mass is 518 g/mol. The van der Waals surface area contributed by atoms with Gasteiger partial charge in [0.1, 0.15) is 10.8 Å². The predicted molar refractivity (Wildman–Crippen MR) is 139 cm³/mol. The first-order chi connectivity index (χ1) is 16.8. The lowest BCUT2D eigenvalue weighted by Crippen LogP contribution is -2.26. The summed E-state index contributed by atoms with van der Waals surface area (Å²) >= 11 is 5.92. The number of aromatic nitrogens is 3. The Morgan fingerprint density at radius 1 is 1.26 bits per heavy atom. The zero-order valence-corrected chi connectivity index (χ0v) is 22.7. The molecule has 0 aliphatic carbocycles. The number of rotatable bonds is 8. The van der Waals surface area contributed by atoms with Crippen LogP contribution in [0.1, 0.15) is 51.2 Å². The summed E-state index contributed by atoms with van der Waals surface area (Å²) in [5, 5.41) is 13.5. The molecule has 0 spiro atoms. The minimum Gasteiger partial charge on any atom is -0.497 e. The molecule has 0 unspecified atom stereocenters. The number of carbonyl (C=O) groups is 1. The number of ether oxygens (including phenoxy) is 1. The number of likely N-dealkylation sites (tertiary alicyclic amines) is 1. The second-order valence-electron chi connectivity index (χ2n) is 8.52. The van der Waals surface area contributed by atoms with Crippen molar-refractivity contribution in [2.45, 2.75) is 51.2 Å². The molecule has 1 N–H and O–H groups in total. The van der Waals surface area contributed by atoms with Crippen molar-refractivity contribution in [3.63, 3.8) is 0 Å². The Morgan fingerprint density at radius 3 is 2.57 bits per heavy atom. The van der Waals surface area contributed by atoms with Crippen LogP contribution in [0.4, 0.5) is 0 Å². The van der Waals surface area contributed by atoms with Gasteiger partial charge in [-0.05, 0) is 70.1 Å². The third-order valence-corrected chi connectivity index (χ3v) is 7.17. The molecular formula is C24H34N6O3S2. The summed E-state index contributed by atoms with van der Waals surface area (Å²) in [4.78, 5) is 22.0. The summed E-state index contributed by atoms with van der Waals surface area (Å²) in [6, 6.07) is 3.96. The summed E-state index contributed by atoms with van der Waals surface area (Å²) < 4.78 is 10.4. The molecule has 11 heteroatoms. The van der Waals surface area contributed by atoms with Crippen LogP contribution >= 0.6 is 24.0 Å². The average Bonchev–Trinajstić information content (AvgIpc) is 3.61. The van der Waals surface area contributed by atoms with Crippen molar-refractivity contribution in [3.05, 3.63) is 51.1 Å². The lowest BCUT2D eigenvalue weighted by atomic mass is 10.1. The van der Waals surface area contributed by atoms with Gasteiger partial charge >= 0.3 is 11.8 Å². The molecule has 1 fully saturated rings. The molecular weight excluding hydrogens is 484 g/mol. The normalized spacial score (nSPS) is 13.4. The van der Waals surface area contributed by atoms with Crippen molar-refractivity contribution >= 4 is 29.9 Å². The SMILES string of the molecule is CNCc1nnc(C(=O)N(C)Cc2nc(CN3CCCC3)cs2)o1.COc1cc(C)c(S)c(C)c1. The molecule has 1 aromatic carbocycles. The lowest BCUT2D eigenvalue weighted by molar-refractivity contribution is 0.0743. The van der Waals surface area contributed by atoms with Crippen molar-refractivity contribution in [1.82, 2.24) is 30.3 Å². The molecule has 35 heavy (non-hydrogen) atoms. The van der Waals surface area contributed by atoms with Crippen molar-refractivity contribution in [1.29, 1.82) is 0 Å². The third kappa shape index (κ3) is 7.76. The molecule has 0 bridgehead atoms. The van der Waals surface area contributed by atoms with Crippen LogP contribution in [-0.2, 0) is 19.6 Å². The van der Waals surface area contributed by atoms with E-state index in [4.69, 9.17) is 9.15 Å². The number of nitrogens with one attached hydrogen (secondary N) is 1. The van der Waals surface area contributed by atoms with Crippen molar-refractivity contribution < 1.29 is 13.9 Å². The Bertz CT molecular complexity index is 1090. The van der Waals surface area contributed by atoms with Gasteiger partial charge in [-0.3, -0.25) is 9.69 Å². The fourth-order valence-electron chi connectivity index (χ4n) is 3.70. The molecule has 1 aliphatic rings. The number of nitrogens with zero attached hydrogens (tertiary/aromatic N) is 5. The molecule has 0 saturated carbocycles. The number of thiol groups is 1. The van der Waals surface area contributed by atoms with Crippen LogP contribution in [0.3, 0.4) is 0 Å². The summed E-state index contributed by atoms with van der Waals surface area (Å²) in [7, 11) is 5.16. The number of benzene rings is 1. The van der Waals surface area contributed by atoms with Gasteiger partial charge in [0, 0.05) is 23.9 Å². The summed E-state index contributed by atoms with van der Waals surface area (Å²) in [6.07, 6.45) is 2.54. The van der Waals surface area contributed by atoms with Crippen LogP contribution in [0.2, 0.25) is 0 Å².